The van der Waals surface area contributed by atoms with E-state index in [4.69, 9.17) is 9.47 Å². The highest BCUT2D eigenvalue weighted by molar-refractivity contribution is 7.89. The molecule has 0 unspecified atom stereocenters. The van der Waals surface area contributed by atoms with Crippen LogP contribution in [0.25, 0.3) is 10.2 Å². The van der Waals surface area contributed by atoms with Crippen molar-refractivity contribution in [2.24, 2.45) is 0 Å². The summed E-state index contributed by atoms with van der Waals surface area (Å²) in [4.78, 5) is 4.25. The Labute approximate surface area is 177 Å². The molecule has 0 atom stereocenters. The highest BCUT2D eigenvalue weighted by atomic mass is 32.2. The van der Waals surface area contributed by atoms with E-state index in [2.05, 4.69) is 4.98 Å². The fourth-order valence-electron chi connectivity index (χ4n) is 3.44. The molecule has 1 aliphatic rings. The van der Waals surface area contributed by atoms with E-state index in [1.54, 1.807) is 18.2 Å². The molecule has 0 spiro atoms. The van der Waals surface area contributed by atoms with Gasteiger partial charge in [0.05, 0.1) is 11.8 Å². The van der Waals surface area contributed by atoms with Gasteiger partial charge in [-0.1, -0.05) is 17.4 Å². The van der Waals surface area contributed by atoms with Gasteiger partial charge in [-0.3, -0.25) is 0 Å². The van der Waals surface area contributed by atoms with Gasteiger partial charge in [-0.05, 0) is 43.5 Å². The molecule has 10 heteroatoms. The van der Waals surface area contributed by atoms with Crippen LogP contribution >= 0.6 is 11.3 Å². The number of nitrogens with zero attached hydrogens (tertiary/aromatic N) is 2. The Bertz CT molecular complexity index is 1190. The van der Waals surface area contributed by atoms with Gasteiger partial charge in [0.1, 0.15) is 28.1 Å². The number of thiazole rings is 1. The second kappa shape index (κ2) is 8.09. The van der Waals surface area contributed by atoms with Crippen molar-refractivity contribution in [2.75, 3.05) is 20.2 Å². The molecule has 0 N–H and O–H groups in total. The van der Waals surface area contributed by atoms with Gasteiger partial charge in [-0.25, -0.2) is 17.2 Å². The minimum Gasteiger partial charge on any atom is -0.495 e. The Morgan fingerprint density at radius 3 is 2.60 bits per heavy atom. The molecule has 0 amide bonds. The van der Waals surface area contributed by atoms with Crippen LogP contribution < -0.4 is 9.47 Å². The molecule has 1 aliphatic heterocycles. The summed E-state index contributed by atoms with van der Waals surface area (Å²) >= 11 is 1.07. The Morgan fingerprint density at radius 1 is 1.17 bits per heavy atom. The molecule has 3 aromatic rings. The third-order valence-electron chi connectivity index (χ3n) is 5.00. The van der Waals surface area contributed by atoms with Crippen LogP contribution in [0.1, 0.15) is 18.4 Å². The number of hydrogen-bond donors (Lipinski definition) is 0. The highest BCUT2D eigenvalue weighted by Crippen LogP contribution is 2.33. The molecule has 30 heavy (non-hydrogen) atoms. The van der Waals surface area contributed by atoms with Crippen LogP contribution in [-0.2, 0) is 10.0 Å². The molecule has 2 heterocycles. The second-order valence-corrected chi connectivity index (χ2v) is 9.99. The zero-order valence-electron chi connectivity index (χ0n) is 16.4. The van der Waals surface area contributed by atoms with Crippen LogP contribution in [0.5, 0.6) is 10.9 Å². The maximum Gasteiger partial charge on any atom is 0.274 e. The van der Waals surface area contributed by atoms with E-state index in [9.17, 15) is 17.2 Å². The number of fused-ring (bicyclic) bond motifs is 1. The van der Waals surface area contributed by atoms with Crippen molar-refractivity contribution in [1.82, 2.24) is 9.29 Å². The van der Waals surface area contributed by atoms with Gasteiger partial charge in [-0.2, -0.15) is 9.29 Å². The van der Waals surface area contributed by atoms with Gasteiger partial charge in [0.2, 0.25) is 10.0 Å². The lowest BCUT2D eigenvalue weighted by molar-refractivity contribution is 0.135. The number of hydrogen-bond acceptors (Lipinski definition) is 6. The number of aryl methyl sites for hydroxylation is 1. The molecule has 0 aliphatic carbocycles. The maximum atomic E-state index is 13.8. The topological polar surface area (TPSA) is 68.7 Å². The number of halogens is 2. The van der Waals surface area contributed by atoms with Crippen LogP contribution in [0.15, 0.2) is 35.2 Å². The fraction of sp³-hybridized carbons (Fsp3) is 0.350. The fourth-order valence-corrected chi connectivity index (χ4v) is 6.08. The maximum absolute atomic E-state index is 13.8. The zero-order valence-corrected chi connectivity index (χ0v) is 18.0. The first-order valence-electron chi connectivity index (χ1n) is 9.35. The first kappa shape index (κ1) is 21.0. The molecule has 2 aromatic carbocycles. The summed E-state index contributed by atoms with van der Waals surface area (Å²) < 4.78 is 66.2. The van der Waals surface area contributed by atoms with E-state index < -0.39 is 21.7 Å². The van der Waals surface area contributed by atoms with Crippen molar-refractivity contribution in [2.45, 2.75) is 30.8 Å². The van der Waals surface area contributed by atoms with Crippen molar-refractivity contribution in [3.05, 3.63) is 47.5 Å². The van der Waals surface area contributed by atoms with Crippen molar-refractivity contribution in [1.29, 1.82) is 0 Å². The minimum absolute atomic E-state index is 0.0722. The summed E-state index contributed by atoms with van der Waals surface area (Å²) in [5, 5.41) is 0.246. The Kier molecular flexibility index (Phi) is 5.65. The molecule has 160 valence electrons. The summed E-state index contributed by atoms with van der Waals surface area (Å²) in [6, 6.07) is 7.05. The van der Waals surface area contributed by atoms with Crippen molar-refractivity contribution in [3.63, 3.8) is 0 Å². The monoisotopic (exact) mass is 454 g/mol. The number of ether oxygens (including phenoxy) is 2. The van der Waals surface area contributed by atoms with Gasteiger partial charge in [-0.15, -0.1) is 0 Å². The Balaban J connectivity index is 1.46. The van der Waals surface area contributed by atoms with Gasteiger partial charge in [0, 0.05) is 19.2 Å². The molecule has 0 radical (unpaired) electrons. The Hall–Kier alpha value is -2.30. The van der Waals surface area contributed by atoms with E-state index in [1.165, 1.54) is 17.5 Å². The SMILES string of the molecule is COc1ccc(C)cc1S(=O)(=O)N1CCC(Oc2nc3c(F)cc(F)cc3s2)CC1. The molecule has 4 rings (SSSR count). The third kappa shape index (κ3) is 3.99. The zero-order chi connectivity index (χ0) is 21.5. The molecular formula is C20H20F2N2O4S2. The second-order valence-electron chi connectivity index (χ2n) is 7.09. The first-order chi connectivity index (χ1) is 14.3. The van der Waals surface area contributed by atoms with Crippen LogP contribution in [-0.4, -0.2) is 44.0 Å². The highest BCUT2D eigenvalue weighted by Gasteiger charge is 2.32. The van der Waals surface area contributed by atoms with Crippen molar-refractivity contribution < 1.29 is 26.7 Å². The molecule has 0 bridgehead atoms. The normalized spacial score (nSPS) is 16.1. The first-order valence-corrected chi connectivity index (χ1v) is 11.6. The molecule has 6 nitrogen and oxygen atoms in total. The number of sulfonamides is 1. The molecule has 0 saturated carbocycles. The summed E-state index contributed by atoms with van der Waals surface area (Å²) in [7, 11) is -2.27. The van der Waals surface area contributed by atoms with E-state index >= 15 is 0 Å². The van der Waals surface area contributed by atoms with Crippen molar-refractivity contribution in [3.8, 4) is 10.9 Å². The van der Waals surface area contributed by atoms with Gasteiger partial charge >= 0.3 is 0 Å². The summed E-state index contributed by atoms with van der Waals surface area (Å²) in [6.07, 6.45) is 0.657. The smallest absolute Gasteiger partial charge is 0.274 e. The molecule has 1 fully saturated rings. The van der Waals surface area contributed by atoms with E-state index in [0.29, 0.717) is 23.3 Å². The van der Waals surface area contributed by atoms with Crippen LogP contribution in [0.4, 0.5) is 8.78 Å². The predicted octanol–water partition coefficient (Wildman–Crippen LogP) is 4.12. The van der Waals surface area contributed by atoms with Crippen LogP contribution in [0.2, 0.25) is 0 Å². The summed E-state index contributed by atoms with van der Waals surface area (Å²) in [5.74, 6) is -1.09. The summed E-state index contributed by atoms with van der Waals surface area (Å²) in [5.41, 5.74) is 0.898. The molecule has 1 aromatic heterocycles. The van der Waals surface area contributed by atoms with Crippen LogP contribution in [0, 0.1) is 18.6 Å². The number of aromatic nitrogens is 1. The lowest BCUT2D eigenvalue weighted by atomic mass is 10.1. The van der Waals surface area contributed by atoms with Gasteiger partial charge in [0.15, 0.2) is 5.82 Å². The lowest BCUT2D eigenvalue weighted by Gasteiger charge is -2.31. The van der Waals surface area contributed by atoms with Gasteiger partial charge in [0.25, 0.3) is 5.19 Å². The number of piperidine rings is 1. The molecular weight excluding hydrogens is 434 g/mol. The predicted molar refractivity (Wildman–Crippen MR) is 110 cm³/mol. The van der Waals surface area contributed by atoms with E-state index in [0.717, 1.165) is 23.0 Å². The standard InChI is InChI=1S/C20H20F2N2O4S2/c1-12-3-4-16(27-2)18(9-12)30(25,26)24-7-5-14(6-8-24)28-20-23-19-15(22)10-13(21)11-17(19)29-20/h3-4,9-11,14H,5-8H2,1-2H3. The third-order valence-corrected chi connectivity index (χ3v) is 7.81. The van der Waals surface area contributed by atoms with Gasteiger partial charge < -0.3 is 9.47 Å². The van der Waals surface area contributed by atoms with E-state index in [-0.39, 0.29) is 34.8 Å². The number of benzene rings is 2. The average Bonchev–Trinajstić information content (AvgIpc) is 3.11. The Morgan fingerprint density at radius 2 is 1.90 bits per heavy atom. The largest absolute Gasteiger partial charge is 0.495 e. The van der Waals surface area contributed by atoms with Crippen molar-refractivity contribution >= 4 is 31.6 Å². The summed E-state index contributed by atoms with van der Waals surface area (Å²) in [6.45, 7) is 2.38. The number of rotatable bonds is 5. The molecule has 1 saturated heterocycles. The minimum atomic E-state index is -3.71. The quantitative estimate of drug-likeness (QED) is 0.580. The van der Waals surface area contributed by atoms with Crippen LogP contribution in [0.3, 0.4) is 0 Å². The lowest BCUT2D eigenvalue weighted by Crippen LogP contribution is -2.41. The number of methoxy groups -OCH3 is 1. The van der Waals surface area contributed by atoms with E-state index in [1.807, 2.05) is 6.92 Å². The average molecular weight is 455 g/mol.